The van der Waals surface area contributed by atoms with Gasteiger partial charge in [-0.3, -0.25) is 0 Å². The standard InChI is InChI=1S/C20H33N/c1-16(15-17-9-6-5-7-10-17)21-19-12-8-11-18(13-14-19)20(2,3)4/h5-7,9-10,16,18-19,21H,8,11-15H2,1-4H3. The fraction of sp³-hybridized carbons (Fsp3) is 0.700. The van der Waals surface area contributed by atoms with Crippen molar-refractivity contribution in [2.45, 2.75) is 78.3 Å². The van der Waals surface area contributed by atoms with Crippen molar-refractivity contribution in [3.63, 3.8) is 0 Å². The first-order valence-electron chi connectivity index (χ1n) is 8.75. The maximum atomic E-state index is 3.88. The predicted octanol–water partition coefficient (Wildman–Crippen LogP) is 5.20. The highest BCUT2D eigenvalue weighted by molar-refractivity contribution is 5.15. The van der Waals surface area contributed by atoms with Gasteiger partial charge >= 0.3 is 0 Å². The molecule has 0 radical (unpaired) electrons. The number of rotatable bonds is 4. The molecule has 3 unspecified atom stereocenters. The Morgan fingerprint density at radius 2 is 1.76 bits per heavy atom. The summed E-state index contributed by atoms with van der Waals surface area (Å²) in [7, 11) is 0. The monoisotopic (exact) mass is 287 g/mol. The van der Waals surface area contributed by atoms with Gasteiger partial charge in [0.25, 0.3) is 0 Å². The van der Waals surface area contributed by atoms with Crippen LogP contribution < -0.4 is 5.32 Å². The van der Waals surface area contributed by atoms with Gasteiger partial charge in [0.15, 0.2) is 0 Å². The lowest BCUT2D eigenvalue weighted by Crippen LogP contribution is -2.37. The summed E-state index contributed by atoms with van der Waals surface area (Å²) in [6.07, 6.45) is 8.03. The van der Waals surface area contributed by atoms with Gasteiger partial charge in [0.2, 0.25) is 0 Å². The molecule has 1 heteroatoms. The Balaban J connectivity index is 1.80. The van der Waals surface area contributed by atoms with Crippen LogP contribution in [0.4, 0.5) is 0 Å². The maximum Gasteiger partial charge on any atom is 0.00817 e. The van der Waals surface area contributed by atoms with Gasteiger partial charge in [-0.15, -0.1) is 0 Å². The summed E-state index contributed by atoms with van der Waals surface area (Å²) in [5.41, 5.74) is 1.92. The Hall–Kier alpha value is -0.820. The third-order valence-corrected chi connectivity index (χ3v) is 5.10. The van der Waals surface area contributed by atoms with E-state index in [2.05, 4.69) is 63.3 Å². The van der Waals surface area contributed by atoms with Crippen LogP contribution >= 0.6 is 0 Å². The summed E-state index contributed by atoms with van der Waals surface area (Å²) < 4.78 is 0. The number of benzene rings is 1. The molecule has 0 heterocycles. The lowest BCUT2D eigenvalue weighted by Gasteiger charge is -2.30. The van der Waals surface area contributed by atoms with Gasteiger partial charge in [0.05, 0.1) is 0 Å². The van der Waals surface area contributed by atoms with E-state index in [-0.39, 0.29) is 0 Å². The van der Waals surface area contributed by atoms with E-state index in [4.69, 9.17) is 0 Å². The van der Waals surface area contributed by atoms with Gasteiger partial charge in [-0.05, 0) is 55.9 Å². The molecule has 21 heavy (non-hydrogen) atoms. The van der Waals surface area contributed by atoms with Crippen LogP contribution in [0.25, 0.3) is 0 Å². The predicted molar refractivity (Wildman–Crippen MR) is 92.6 cm³/mol. The van der Waals surface area contributed by atoms with Crippen molar-refractivity contribution >= 4 is 0 Å². The van der Waals surface area contributed by atoms with E-state index in [9.17, 15) is 0 Å². The minimum Gasteiger partial charge on any atom is -0.311 e. The van der Waals surface area contributed by atoms with E-state index in [0.29, 0.717) is 11.5 Å². The summed E-state index contributed by atoms with van der Waals surface area (Å²) in [6.45, 7) is 9.55. The summed E-state index contributed by atoms with van der Waals surface area (Å²) in [5.74, 6) is 0.897. The van der Waals surface area contributed by atoms with Crippen LogP contribution in [0.1, 0.15) is 65.4 Å². The van der Waals surface area contributed by atoms with Crippen LogP contribution in [0, 0.1) is 11.3 Å². The summed E-state index contributed by atoms with van der Waals surface area (Å²) >= 11 is 0. The Bertz CT molecular complexity index is 404. The lowest BCUT2D eigenvalue weighted by molar-refractivity contribution is 0.213. The van der Waals surface area contributed by atoms with Crippen LogP contribution in [0.15, 0.2) is 30.3 Å². The van der Waals surface area contributed by atoms with E-state index in [1.807, 2.05) is 0 Å². The largest absolute Gasteiger partial charge is 0.311 e. The number of hydrogen-bond donors (Lipinski definition) is 1. The molecule has 1 aliphatic carbocycles. The Kier molecular flexibility index (Phi) is 5.87. The Labute approximate surface area is 131 Å². The lowest BCUT2D eigenvalue weighted by atomic mass is 9.76. The maximum absolute atomic E-state index is 3.88. The van der Waals surface area contributed by atoms with Gasteiger partial charge in [0, 0.05) is 12.1 Å². The van der Waals surface area contributed by atoms with Crippen molar-refractivity contribution < 1.29 is 0 Å². The van der Waals surface area contributed by atoms with E-state index in [1.54, 1.807) is 0 Å². The molecule has 1 fully saturated rings. The van der Waals surface area contributed by atoms with Crippen molar-refractivity contribution in [1.29, 1.82) is 0 Å². The van der Waals surface area contributed by atoms with Crippen LogP contribution in [0.2, 0.25) is 0 Å². The molecule has 0 spiro atoms. The van der Waals surface area contributed by atoms with Crippen LogP contribution in [0.5, 0.6) is 0 Å². The van der Waals surface area contributed by atoms with E-state index >= 15 is 0 Å². The highest BCUT2D eigenvalue weighted by atomic mass is 14.9. The summed E-state index contributed by atoms with van der Waals surface area (Å²) in [5, 5.41) is 3.88. The third kappa shape index (κ3) is 5.47. The minimum absolute atomic E-state index is 0.477. The smallest absolute Gasteiger partial charge is 0.00817 e. The molecule has 1 aromatic rings. The SMILES string of the molecule is CC(Cc1ccccc1)NC1CCCC(C(C)(C)C)CC1. The van der Waals surface area contributed by atoms with E-state index in [0.717, 1.165) is 18.4 Å². The van der Waals surface area contributed by atoms with Crippen molar-refractivity contribution in [2.24, 2.45) is 11.3 Å². The molecule has 0 bridgehead atoms. The van der Waals surface area contributed by atoms with Gasteiger partial charge < -0.3 is 5.32 Å². The van der Waals surface area contributed by atoms with Gasteiger partial charge in [0.1, 0.15) is 0 Å². The Morgan fingerprint density at radius 3 is 2.43 bits per heavy atom. The van der Waals surface area contributed by atoms with Gasteiger partial charge in [-0.1, -0.05) is 57.5 Å². The van der Waals surface area contributed by atoms with E-state index in [1.165, 1.54) is 37.7 Å². The first-order valence-corrected chi connectivity index (χ1v) is 8.75. The molecule has 1 nitrogen and oxygen atoms in total. The van der Waals surface area contributed by atoms with Crippen molar-refractivity contribution in [3.8, 4) is 0 Å². The number of nitrogens with one attached hydrogen (secondary N) is 1. The molecule has 2 rings (SSSR count). The minimum atomic E-state index is 0.477. The zero-order valence-electron chi connectivity index (χ0n) is 14.4. The zero-order valence-corrected chi connectivity index (χ0v) is 14.4. The van der Waals surface area contributed by atoms with Crippen molar-refractivity contribution in [1.82, 2.24) is 5.32 Å². The van der Waals surface area contributed by atoms with Crippen LogP contribution in [0.3, 0.4) is 0 Å². The average molecular weight is 287 g/mol. The third-order valence-electron chi connectivity index (χ3n) is 5.10. The topological polar surface area (TPSA) is 12.0 Å². The molecule has 0 aliphatic heterocycles. The normalized spacial score (nSPS) is 25.3. The molecule has 0 aromatic heterocycles. The summed E-state index contributed by atoms with van der Waals surface area (Å²) in [4.78, 5) is 0. The molecular formula is C20H33N. The van der Waals surface area contributed by atoms with E-state index < -0.39 is 0 Å². The molecular weight excluding hydrogens is 254 g/mol. The molecule has 1 saturated carbocycles. The van der Waals surface area contributed by atoms with Crippen LogP contribution in [-0.4, -0.2) is 12.1 Å². The first-order chi connectivity index (χ1) is 9.95. The summed E-state index contributed by atoms with van der Waals surface area (Å²) in [6, 6.07) is 12.1. The Morgan fingerprint density at radius 1 is 1.05 bits per heavy atom. The molecule has 1 N–H and O–H groups in total. The quantitative estimate of drug-likeness (QED) is 0.750. The molecule has 3 atom stereocenters. The second-order valence-electron chi connectivity index (χ2n) is 8.03. The van der Waals surface area contributed by atoms with Gasteiger partial charge in [-0.2, -0.15) is 0 Å². The molecule has 1 aromatic carbocycles. The molecule has 0 amide bonds. The fourth-order valence-electron chi connectivity index (χ4n) is 3.76. The second kappa shape index (κ2) is 7.45. The molecule has 0 saturated heterocycles. The molecule has 1 aliphatic rings. The van der Waals surface area contributed by atoms with Crippen LogP contribution in [-0.2, 0) is 6.42 Å². The molecule has 118 valence electrons. The highest BCUT2D eigenvalue weighted by Crippen LogP contribution is 2.36. The fourth-order valence-corrected chi connectivity index (χ4v) is 3.76. The van der Waals surface area contributed by atoms with Gasteiger partial charge in [-0.25, -0.2) is 0 Å². The second-order valence-corrected chi connectivity index (χ2v) is 8.03. The zero-order chi connectivity index (χ0) is 15.3. The van der Waals surface area contributed by atoms with Crippen molar-refractivity contribution in [3.05, 3.63) is 35.9 Å². The first kappa shape index (κ1) is 16.5. The average Bonchev–Trinajstić information content (AvgIpc) is 2.65. The van der Waals surface area contributed by atoms with Crippen molar-refractivity contribution in [2.75, 3.05) is 0 Å². The highest BCUT2D eigenvalue weighted by Gasteiger charge is 2.28. The number of hydrogen-bond acceptors (Lipinski definition) is 1.